The number of aliphatic hydroxyl groups is 2. The summed E-state index contributed by atoms with van der Waals surface area (Å²) in [6.07, 6.45) is -6.29. The first kappa shape index (κ1) is 16.4. The lowest BCUT2D eigenvalue weighted by Crippen LogP contribution is -2.59. The molecule has 2 N–H and O–H groups in total. The molecule has 0 unspecified atom stereocenters. The number of rotatable bonds is 3. The zero-order valence-electron chi connectivity index (χ0n) is 11.4. The molecule has 114 valence electrons. The van der Waals surface area contributed by atoms with E-state index in [2.05, 4.69) is 0 Å². The third-order valence-corrected chi connectivity index (χ3v) is 2.84. The Bertz CT molecular complexity index is 393. The van der Waals surface area contributed by atoms with Gasteiger partial charge >= 0.3 is 17.9 Å². The summed E-state index contributed by atoms with van der Waals surface area (Å²) in [6.45, 7) is 3.43. The van der Waals surface area contributed by atoms with Crippen LogP contribution in [0.4, 0.5) is 0 Å². The molecule has 0 heterocycles. The maximum absolute atomic E-state index is 11.0. The van der Waals surface area contributed by atoms with Crippen molar-refractivity contribution in [2.45, 2.75) is 57.7 Å². The summed E-state index contributed by atoms with van der Waals surface area (Å²) in [5.41, 5.74) is 0. The first-order valence-corrected chi connectivity index (χ1v) is 6.10. The van der Waals surface area contributed by atoms with E-state index in [4.69, 9.17) is 14.2 Å². The van der Waals surface area contributed by atoms with E-state index in [1.807, 2.05) is 0 Å². The van der Waals surface area contributed by atoms with Crippen LogP contribution in [0.5, 0.6) is 0 Å². The molecule has 0 spiro atoms. The van der Waals surface area contributed by atoms with E-state index in [-0.39, 0.29) is 6.42 Å². The zero-order chi connectivity index (χ0) is 15.4. The minimum atomic E-state index is -1.53. The van der Waals surface area contributed by atoms with Gasteiger partial charge in [-0.3, -0.25) is 14.4 Å². The lowest BCUT2D eigenvalue weighted by molar-refractivity contribution is -0.215. The van der Waals surface area contributed by atoms with Crippen LogP contribution in [0.15, 0.2) is 0 Å². The first-order valence-electron chi connectivity index (χ1n) is 6.10. The summed E-state index contributed by atoms with van der Waals surface area (Å²) in [5.74, 6) is -1.98. The number of esters is 3. The van der Waals surface area contributed by atoms with Gasteiger partial charge in [0.25, 0.3) is 0 Å². The smallest absolute Gasteiger partial charge is 0.303 e. The molecular formula is C12H18O8. The van der Waals surface area contributed by atoms with Gasteiger partial charge in [0.05, 0.1) is 0 Å². The van der Waals surface area contributed by atoms with E-state index < -0.39 is 48.4 Å². The van der Waals surface area contributed by atoms with Crippen LogP contribution in [-0.4, -0.2) is 58.6 Å². The molecule has 0 aromatic heterocycles. The van der Waals surface area contributed by atoms with E-state index in [9.17, 15) is 24.6 Å². The number of ether oxygens (including phenoxy) is 3. The van der Waals surface area contributed by atoms with Crippen LogP contribution in [0.1, 0.15) is 27.2 Å². The molecule has 0 radical (unpaired) electrons. The minimum Gasteiger partial charge on any atom is -0.460 e. The SMILES string of the molecule is CC(=O)O[C@H]1[C@H](O)[C@H](O)[C@H](OC(C)=O)C[C@@H]1OC(C)=O. The van der Waals surface area contributed by atoms with Crippen LogP contribution < -0.4 is 0 Å². The third kappa shape index (κ3) is 4.17. The first-order chi connectivity index (χ1) is 9.22. The molecular weight excluding hydrogens is 272 g/mol. The molecule has 1 rings (SSSR count). The van der Waals surface area contributed by atoms with Gasteiger partial charge in [0.15, 0.2) is 6.10 Å². The molecule has 1 saturated carbocycles. The second-order valence-electron chi connectivity index (χ2n) is 4.59. The fourth-order valence-electron chi connectivity index (χ4n) is 2.13. The summed E-state index contributed by atoms with van der Waals surface area (Å²) >= 11 is 0. The Balaban J connectivity index is 2.90. The quantitative estimate of drug-likeness (QED) is 0.497. The van der Waals surface area contributed by atoms with Gasteiger partial charge in [-0.1, -0.05) is 0 Å². The van der Waals surface area contributed by atoms with Gasteiger partial charge in [0, 0.05) is 27.2 Å². The summed E-state index contributed by atoms with van der Waals surface area (Å²) < 4.78 is 14.7. The van der Waals surface area contributed by atoms with Crippen LogP contribution in [0.25, 0.3) is 0 Å². The van der Waals surface area contributed by atoms with Crippen LogP contribution in [-0.2, 0) is 28.6 Å². The van der Waals surface area contributed by atoms with Gasteiger partial charge in [0.1, 0.15) is 24.4 Å². The van der Waals surface area contributed by atoms with Crippen LogP contribution in [0.2, 0.25) is 0 Å². The number of hydrogen-bond donors (Lipinski definition) is 2. The van der Waals surface area contributed by atoms with Crippen molar-refractivity contribution in [2.24, 2.45) is 0 Å². The highest BCUT2D eigenvalue weighted by atomic mass is 16.6. The Labute approximate surface area is 115 Å². The van der Waals surface area contributed by atoms with E-state index in [0.29, 0.717) is 0 Å². The van der Waals surface area contributed by atoms with Crippen LogP contribution >= 0.6 is 0 Å². The van der Waals surface area contributed by atoms with Crippen molar-refractivity contribution < 1.29 is 38.8 Å². The van der Waals surface area contributed by atoms with Crippen molar-refractivity contribution in [3.8, 4) is 0 Å². The van der Waals surface area contributed by atoms with E-state index in [0.717, 1.165) is 20.8 Å². The Hall–Kier alpha value is -1.67. The maximum Gasteiger partial charge on any atom is 0.303 e. The monoisotopic (exact) mass is 290 g/mol. The van der Waals surface area contributed by atoms with Gasteiger partial charge in [-0.15, -0.1) is 0 Å². The van der Waals surface area contributed by atoms with E-state index >= 15 is 0 Å². The Morgan fingerprint density at radius 1 is 0.800 bits per heavy atom. The van der Waals surface area contributed by atoms with Crippen molar-refractivity contribution >= 4 is 17.9 Å². The maximum atomic E-state index is 11.0. The molecule has 8 heteroatoms. The highest BCUT2D eigenvalue weighted by Crippen LogP contribution is 2.28. The van der Waals surface area contributed by atoms with E-state index in [1.54, 1.807) is 0 Å². The van der Waals surface area contributed by atoms with Gasteiger partial charge in [-0.2, -0.15) is 0 Å². The molecule has 1 fully saturated rings. The zero-order valence-corrected chi connectivity index (χ0v) is 11.4. The Morgan fingerprint density at radius 2 is 1.25 bits per heavy atom. The largest absolute Gasteiger partial charge is 0.460 e. The normalized spacial score (nSPS) is 33.1. The molecule has 0 amide bonds. The van der Waals surface area contributed by atoms with Gasteiger partial charge in [-0.05, 0) is 0 Å². The second kappa shape index (κ2) is 6.67. The number of carbonyl (C=O) groups excluding carboxylic acids is 3. The highest BCUT2D eigenvalue weighted by Gasteiger charge is 2.48. The second-order valence-corrected chi connectivity index (χ2v) is 4.59. The summed E-state index contributed by atoms with van der Waals surface area (Å²) in [4.78, 5) is 33.0. The van der Waals surface area contributed by atoms with Gasteiger partial charge < -0.3 is 24.4 Å². The molecule has 0 saturated heterocycles. The fourth-order valence-corrected chi connectivity index (χ4v) is 2.13. The van der Waals surface area contributed by atoms with Gasteiger partial charge in [0.2, 0.25) is 0 Å². The average Bonchev–Trinajstić information content (AvgIpc) is 2.29. The molecule has 5 atom stereocenters. The molecule has 1 aliphatic rings. The molecule has 0 aliphatic heterocycles. The third-order valence-electron chi connectivity index (χ3n) is 2.84. The lowest BCUT2D eigenvalue weighted by Gasteiger charge is -2.40. The number of hydrogen-bond acceptors (Lipinski definition) is 8. The predicted octanol–water partition coefficient (Wildman–Crippen LogP) is -1.09. The predicted molar refractivity (Wildman–Crippen MR) is 63.3 cm³/mol. The summed E-state index contributed by atoms with van der Waals surface area (Å²) in [5, 5.41) is 19.8. The number of carbonyl (C=O) groups is 3. The molecule has 0 aromatic carbocycles. The lowest BCUT2D eigenvalue weighted by atomic mass is 9.87. The standard InChI is InChI=1S/C12H18O8/c1-5(13)18-8-4-9(19-6(2)14)12(20-7(3)15)11(17)10(8)16/h8-12,16-17H,4H2,1-3H3/t8-,9+,10-,11-,12-/m1/s1. The van der Waals surface area contributed by atoms with Crippen molar-refractivity contribution in [3.63, 3.8) is 0 Å². The topological polar surface area (TPSA) is 119 Å². The fraction of sp³-hybridized carbons (Fsp3) is 0.750. The van der Waals surface area contributed by atoms with Crippen molar-refractivity contribution in [1.29, 1.82) is 0 Å². The highest BCUT2D eigenvalue weighted by molar-refractivity contribution is 5.68. The van der Waals surface area contributed by atoms with Crippen LogP contribution in [0.3, 0.4) is 0 Å². The summed E-state index contributed by atoms with van der Waals surface area (Å²) in [6, 6.07) is 0. The average molecular weight is 290 g/mol. The molecule has 20 heavy (non-hydrogen) atoms. The van der Waals surface area contributed by atoms with Crippen LogP contribution in [0, 0.1) is 0 Å². The van der Waals surface area contributed by atoms with Crippen molar-refractivity contribution in [3.05, 3.63) is 0 Å². The van der Waals surface area contributed by atoms with Crippen molar-refractivity contribution in [2.75, 3.05) is 0 Å². The molecule has 1 aliphatic carbocycles. The number of aliphatic hydroxyl groups excluding tert-OH is 2. The Morgan fingerprint density at radius 3 is 1.70 bits per heavy atom. The summed E-state index contributed by atoms with van der Waals surface area (Å²) in [7, 11) is 0. The molecule has 0 bridgehead atoms. The Kier molecular flexibility index (Phi) is 5.46. The molecule has 0 aromatic rings. The minimum absolute atomic E-state index is 0.0741. The van der Waals surface area contributed by atoms with Crippen molar-refractivity contribution in [1.82, 2.24) is 0 Å². The molecule has 8 nitrogen and oxygen atoms in total. The van der Waals surface area contributed by atoms with E-state index in [1.165, 1.54) is 0 Å². The van der Waals surface area contributed by atoms with Gasteiger partial charge in [-0.25, -0.2) is 0 Å².